The Morgan fingerprint density at radius 2 is 1.95 bits per heavy atom. The fourth-order valence-corrected chi connectivity index (χ4v) is 1.57. The Balaban J connectivity index is 2.83. The number of hydrogen-bond acceptors (Lipinski definition) is 3. The normalized spacial score (nSPS) is 13.9. The lowest BCUT2D eigenvalue weighted by molar-refractivity contribution is -0.141. The molecule has 0 aliphatic rings. The topological polar surface area (TPSA) is 68.0 Å². The van der Waals surface area contributed by atoms with Crippen molar-refractivity contribution in [3.63, 3.8) is 0 Å². The molecule has 1 amide bonds. The van der Waals surface area contributed by atoms with Crippen LogP contribution >= 0.6 is 0 Å². The van der Waals surface area contributed by atoms with E-state index in [2.05, 4.69) is 10.3 Å². The van der Waals surface area contributed by atoms with E-state index in [0.717, 1.165) is 18.3 Å². The van der Waals surface area contributed by atoms with E-state index in [1.807, 2.05) is 20.8 Å². The number of nitrogens with one attached hydrogen (secondary N) is 1. The molecule has 0 bridgehead atoms. The van der Waals surface area contributed by atoms with Crippen molar-refractivity contribution in [3.8, 4) is 0 Å². The minimum atomic E-state index is -4.51. The van der Waals surface area contributed by atoms with E-state index in [1.54, 1.807) is 0 Å². The average molecular weight is 289 g/mol. The minimum Gasteiger partial charge on any atom is -0.347 e. The van der Waals surface area contributed by atoms with Crippen LogP contribution in [0.25, 0.3) is 0 Å². The molecule has 0 saturated carbocycles. The fraction of sp³-hybridized carbons (Fsp3) is 0.538. The van der Waals surface area contributed by atoms with Gasteiger partial charge in [0.05, 0.1) is 5.56 Å². The third-order valence-electron chi connectivity index (χ3n) is 2.90. The van der Waals surface area contributed by atoms with Gasteiger partial charge >= 0.3 is 6.18 Å². The van der Waals surface area contributed by atoms with E-state index >= 15 is 0 Å². The Kier molecular flexibility index (Phi) is 4.75. The van der Waals surface area contributed by atoms with Crippen molar-refractivity contribution in [1.29, 1.82) is 0 Å². The van der Waals surface area contributed by atoms with Crippen LogP contribution in [0.5, 0.6) is 0 Å². The van der Waals surface area contributed by atoms with Crippen molar-refractivity contribution in [1.82, 2.24) is 10.3 Å². The van der Waals surface area contributed by atoms with Crippen LogP contribution in [0.4, 0.5) is 13.2 Å². The molecule has 0 aromatic carbocycles. The zero-order valence-electron chi connectivity index (χ0n) is 11.6. The van der Waals surface area contributed by atoms with Gasteiger partial charge in [0.2, 0.25) is 0 Å². The largest absolute Gasteiger partial charge is 0.433 e. The molecule has 3 N–H and O–H groups in total. The van der Waals surface area contributed by atoms with Crippen molar-refractivity contribution in [2.24, 2.45) is 11.1 Å². The molecule has 0 spiro atoms. The summed E-state index contributed by atoms with van der Waals surface area (Å²) in [7, 11) is 0. The monoisotopic (exact) mass is 289 g/mol. The lowest BCUT2D eigenvalue weighted by Gasteiger charge is -2.30. The summed E-state index contributed by atoms with van der Waals surface area (Å²) in [5.74, 6) is -0.489. The second-order valence-corrected chi connectivity index (χ2v) is 5.56. The maximum atomic E-state index is 12.4. The summed E-state index contributed by atoms with van der Waals surface area (Å²) in [6, 6.07) is 1.60. The molecule has 0 radical (unpaired) electrons. The van der Waals surface area contributed by atoms with E-state index in [1.165, 1.54) is 0 Å². The molecule has 20 heavy (non-hydrogen) atoms. The molecule has 4 nitrogen and oxygen atoms in total. The number of rotatable bonds is 3. The van der Waals surface area contributed by atoms with Gasteiger partial charge in [-0.1, -0.05) is 20.8 Å². The molecule has 0 aliphatic heterocycles. The number of amides is 1. The highest BCUT2D eigenvalue weighted by atomic mass is 19.4. The van der Waals surface area contributed by atoms with Crippen LogP contribution in [0.3, 0.4) is 0 Å². The summed E-state index contributed by atoms with van der Waals surface area (Å²) in [4.78, 5) is 15.2. The quantitative estimate of drug-likeness (QED) is 0.896. The maximum absolute atomic E-state index is 12.4. The van der Waals surface area contributed by atoms with Gasteiger partial charge in [0, 0.05) is 18.8 Å². The van der Waals surface area contributed by atoms with Gasteiger partial charge in [0.1, 0.15) is 5.69 Å². The van der Waals surface area contributed by atoms with E-state index < -0.39 is 17.8 Å². The fourth-order valence-electron chi connectivity index (χ4n) is 1.57. The van der Waals surface area contributed by atoms with Crippen LogP contribution in [0, 0.1) is 5.41 Å². The number of nitrogens with two attached hydrogens (primary N) is 1. The van der Waals surface area contributed by atoms with Crippen molar-refractivity contribution in [3.05, 3.63) is 29.6 Å². The number of carbonyl (C=O) groups excluding carboxylic acids is 1. The molecule has 1 unspecified atom stereocenters. The first-order valence-corrected chi connectivity index (χ1v) is 6.10. The Labute approximate surface area is 115 Å². The Hall–Kier alpha value is -1.63. The second kappa shape index (κ2) is 5.78. The Morgan fingerprint density at radius 1 is 1.35 bits per heavy atom. The molecular formula is C13H18F3N3O. The molecule has 1 heterocycles. The molecule has 1 rings (SSSR count). The summed E-state index contributed by atoms with van der Waals surface area (Å²) in [5.41, 5.74) is 4.38. The molecule has 0 fully saturated rings. The van der Waals surface area contributed by atoms with E-state index in [-0.39, 0.29) is 23.6 Å². The zero-order valence-corrected chi connectivity index (χ0v) is 11.6. The molecule has 1 aromatic heterocycles. The SMILES string of the molecule is CC(C)(C)C(CN)NC(=O)c1ccc(C(F)(F)F)nc1. The van der Waals surface area contributed by atoms with Crippen LogP contribution < -0.4 is 11.1 Å². The summed E-state index contributed by atoms with van der Waals surface area (Å²) in [5, 5.41) is 2.70. The van der Waals surface area contributed by atoms with Gasteiger partial charge in [-0.15, -0.1) is 0 Å². The number of halogens is 3. The highest BCUT2D eigenvalue weighted by molar-refractivity contribution is 5.94. The van der Waals surface area contributed by atoms with Gasteiger partial charge in [-0.3, -0.25) is 9.78 Å². The number of carbonyl (C=O) groups is 1. The van der Waals surface area contributed by atoms with E-state index in [4.69, 9.17) is 5.73 Å². The lowest BCUT2D eigenvalue weighted by Crippen LogP contribution is -2.48. The van der Waals surface area contributed by atoms with Gasteiger partial charge in [-0.05, 0) is 17.5 Å². The highest BCUT2D eigenvalue weighted by Gasteiger charge is 2.32. The molecule has 0 aliphatic carbocycles. The third kappa shape index (κ3) is 4.19. The van der Waals surface area contributed by atoms with Crippen molar-refractivity contribution in [2.45, 2.75) is 33.0 Å². The molecular weight excluding hydrogens is 271 g/mol. The smallest absolute Gasteiger partial charge is 0.347 e. The van der Waals surface area contributed by atoms with E-state index in [9.17, 15) is 18.0 Å². The zero-order chi connectivity index (χ0) is 15.6. The van der Waals surface area contributed by atoms with Crippen LogP contribution in [0.2, 0.25) is 0 Å². The number of alkyl halides is 3. The summed E-state index contributed by atoms with van der Waals surface area (Å²) < 4.78 is 37.1. The average Bonchev–Trinajstić information content (AvgIpc) is 2.33. The minimum absolute atomic E-state index is 0.0701. The summed E-state index contributed by atoms with van der Waals surface area (Å²) in [6.07, 6.45) is -3.60. The van der Waals surface area contributed by atoms with Gasteiger partial charge in [0.15, 0.2) is 0 Å². The molecule has 1 aromatic rings. The standard InChI is InChI=1S/C13H18F3N3O/c1-12(2,3)10(6-17)19-11(20)8-4-5-9(18-7-8)13(14,15)16/h4-5,7,10H,6,17H2,1-3H3,(H,19,20). The van der Waals surface area contributed by atoms with Gasteiger partial charge < -0.3 is 11.1 Å². The summed E-state index contributed by atoms with van der Waals surface area (Å²) in [6.45, 7) is 5.98. The van der Waals surface area contributed by atoms with Crippen LogP contribution in [-0.2, 0) is 6.18 Å². The first-order chi connectivity index (χ1) is 9.05. The maximum Gasteiger partial charge on any atom is 0.433 e. The molecule has 112 valence electrons. The van der Waals surface area contributed by atoms with Crippen molar-refractivity contribution >= 4 is 5.91 Å². The number of aromatic nitrogens is 1. The Bertz CT molecular complexity index is 463. The van der Waals surface area contributed by atoms with Crippen LogP contribution in [0.15, 0.2) is 18.3 Å². The number of pyridine rings is 1. The highest BCUT2D eigenvalue weighted by Crippen LogP contribution is 2.27. The Morgan fingerprint density at radius 3 is 2.30 bits per heavy atom. The molecule has 7 heteroatoms. The third-order valence-corrected chi connectivity index (χ3v) is 2.90. The van der Waals surface area contributed by atoms with Crippen LogP contribution in [0.1, 0.15) is 36.8 Å². The predicted octanol–water partition coefficient (Wildman–Crippen LogP) is 2.20. The molecule has 1 atom stereocenters. The van der Waals surface area contributed by atoms with Gasteiger partial charge in [-0.2, -0.15) is 13.2 Å². The predicted molar refractivity (Wildman–Crippen MR) is 69.0 cm³/mol. The summed E-state index contributed by atoms with van der Waals surface area (Å²) >= 11 is 0. The lowest BCUT2D eigenvalue weighted by atomic mass is 9.86. The van der Waals surface area contributed by atoms with Crippen LogP contribution in [-0.4, -0.2) is 23.5 Å². The molecule has 0 saturated heterocycles. The number of hydrogen-bond donors (Lipinski definition) is 2. The van der Waals surface area contributed by atoms with Gasteiger partial charge in [-0.25, -0.2) is 0 Å². The van der Waals surface area contributed by atoms with E-state index in [0.29, 0.717) is 0 Å². The first kappa shape index (κ1) is 16.4. The second-order valence-electron chi connectivity index (χ2n) is 5.56. The number of nitrogens with zero attached hydrogens (tertiary/aromatic N) is 1. The van der Waals surface area contributed by atoms with Crippen molar-refractivity contribution in [2.75, 3.05) is 6.54 Å². The van der Waals surface area contributed by atoms with Crippen molar-refractivity contribution < 1.29 is 18.0 Å². The first-order valence-electron chi connectivity index (χ1n) is 6.10. The van der Waals surface area contributed by atoms with Gasteiger partial charge in [0.25, 0.3) is 5.91 Å².